The topological polar surface area (TPSA) is 35.2 Å². The van der Waals surface area contributed by atoms with E-state index in [1.807, 2.05) is 12.1 Å². The maximum atomic E-state index is 6.30. The third-order valence-corrected chi connectivity index (χ3v) is 3.69. The number of hydrogen-bond donors (Lipinski definition) is 1. The van der Waals surface area contributed by atoms with Crippen molar-refractivity contribution in [3.05, 3.63) is 65.2 Å². The zero-order valence-corrected chi connectivity index (χ0v) is 12.3. The summed E-state index contributed by atoms with van der Waals surface area (Å²) in [7, 11) is 1.69. The van der Waals surface area contributed by atoms with Gasteiger partial charge in [-0.3, -0.25) is 0 Å². The molecule has 0 saturated carbocycles. The maximum absolute atomic E-state index is 6.30. The highest BCUT2D eigenvalue weighted by atomic mass is 16.5. The third-order valence-electron chi connectivity index (χ3n) is 3.69. The number of hydrogen-bond acceptors (Lipinski definition) is 2. The average molecular weight is 269 g/mol. The predicted octanol–water partition coefficient (Wildman–Crippen LogP) is 3.89. The second-order valence-corrected chi connectivity index (χ2v) is 5.09. The zero-order chi connectivity index (χ0) is 14.4. The first-order valence-electron chi connectivity index (χ1n) is 7.20. The fraction of sp³-hybridized carbons (Fsp3) is 0.333. The standard InChI is InChI=1S/C18H23NO/c1-3-14-5-4-6-16(13-14)18(19)12-9-15-7-10-17(20-2)11-8-15/h4-8,10-11,13,18H,3,9,12,19H2,1-2H3. The van der Waals surface area contributed by atoms with Gasteiger partial charge in [0.2, 0.25) is 0 Å². The fourth-order valence-corrected chi connectivity index (χ4v) is 2.32. The summed E-state index contributed by atoms with van der Waals surface area (Å²) >= 11 is 0. The lowest BCUT2D eigenvalue weighted by Crippen LogP contribution is -2.11. The van der Waals surface area contributed by atoms with E-state index in [4.69, 9.17) is 10.5 Å². The lowest BCUT2D eigenvalue weighted by Gasteiger charge is -2.13. The highest BCUT2D eigenvalue weighted by molar-refractivity contribution is 5.28. The van der Waals surface area contributed by atoms with Gasteiger partial charge in [0.25, 0.3) is 0 Å². The Morgan fingerprint density at radius 2 is 1.80 bits per heavy atom. The monoisotopic (exact) mass is 269 g/mol. The molecular weight excluding hydrogens is 246 g/mol. The van der Waals surface area contributed by atoms with Crippen molar-refractivity contribution in [3.63, 3.8) is 0 Å². The average Bonchev–Trinajstić information content (AvgIpc) is 2.53. The van der Waals surface area contributed by atoms with Gasteiger partial charge in [0.1, 0.15) is 5.75 Å². The van der Waals surface area contributed by atoms with Gasteiger partial charge in [-0.05, 0) is 48.1 Å². The molecule has 0 aliphatic rings. The van der Waals surface area contributed by atoms with Gasteiger partial charge in [0.15, 0.2) is 0 Å². The third kappa shape index (κ3) is 3.84. The molecule has 1 atom stereocenters. The Kier molecular flexibility index (Phi) is 5.19. The Morgan fingerprint density at radius 1 is 1.05 bits per heavy atom. The lowest BCUT2D eigenvalue weighted by atomic mass is 9.98. The molecule has 2 aromatic rings. The molecule has 0 radical (unpaired) electrons. The van der Waals surface area contributed by atoms with Crippen LogP contribution < -0.4 is 10.5 Å². The van der Waals surface area contributed by atoms with E-state index in [-0.39, 0.29) is 6.04 Å². The van der Waals surface area contributed by atoms with Crippen LogP contribution in [-0.2, 0) is 12.8 Å². The van der Waals surface area contributed by atoms with Gasteiger partial charge in [-0.25, -0.2) is 0 Å². The van der Waals surface area contributed by atoms with Crippen LogP contribution in [-0.4, -0.2) is 7.11 Å². The minimum absolute atomic E-state index is 0.101. The van der Waals surface area contributed by atoms with Crippen molar-refractivity contribution in [1.29, 1.82) is 0 Å². The molecule has 2 rings (SSSR count). The van der Waals surface area contributed by atoms with Crippen LogP contribution in [0, 0.1) is 0 Å². The molecule has 0 bridgehead atoms. The van der Waals surface area contributed by atoms with E-state index in [0.717, 1.165) is 25.0 Å². The van der Waals surface area contributed by atoms with E-state index in [0.29, 0.717) is 0 Å². The van der Waals surface area contributed by atoms with Gasteiger partial charge < -0.3 is 10.5 Å². The first-order valence-corrected chi connectivity index (χ1v) is 7.20. The molecule has 1 unspecified atom stereocenters. The molecule has 0 aromatic heterocycles. The summed E-state index contributed by atoms with van der Waals surface area (Å²) in [5.74, 6) is 0.897. The van der Waals surface area contributed by atoms with Gasteiger partial charge in [0.05, 0.1) is 7.11 Å². The van der Waals surface area contributed by atoms with Crippen LogP contribution in [0.15, 0.2) is 48.5 Å². The van der Waals surface area contributed by atoms with Crippen LogP contribution in [0.5, 0.6) is 5.75 Å². The van der Waals surface area contributed by atoms with E-state index in [1.165, 1.54) is 16.7 Å². The first kappa shape index (κ1) is 14.6. The minimum atomic E-state index is 0.101. The van der Waals surface area contributed by atoms with Crippen molar-refractivity contribution in [3.8, 4) is 5.75 Å². The molecular formula is C18H23NO. The van der Waals surface area contributed by atoms with Crippen molar-refractivity contribution in [2.45, 2.75) is 32.2 Å². The number of nitrogens with two attached hydrogens (primary N) is 1. The summed E-state index contributed by atoms with van der Waals surface area (Å²) < 4.78 is 5.16. The molecule has 0 aliphatic heterocycles. The van der Waals surface area contributed by atoms with Crippen molar-refractivity contribution >= 4 is 0 Å². The van der Waals surface area contributed by atoms with Crippen molar-refractivity contribution in [2.24, 2.45) is 5.73 Å². The van der Waals surface area contributed by atoms with Crippen LogP contribution in [0.4, 0.5) is 0 Å². The summed E-state index contributed by atoms with van der Waals surface area (Å²) in [5.41, 5.74) is 10.2. The second-order valence-electron chi connectivity index (χ2n) is 5.09. The highest BCUT2D eigenvalue weighted by Crippen LogP contribution is 2.19. The van der Waals surface area contributed by atoms with Gasteiger partial charge in [0, 0.05) is 6.04 Å². The van der Waals surface area contributed by atoms with Crippen molar-refractivity contribution in [1.82, 2.24) is 0 Å². The number of methoxy groups -OCH3 is 1. The summed E-state index contributed by atoms with van der Waals surface area (Å²) in [6.07, 6.45) is 3.00. The molecule has 0 amide bonds. The molecule has 2 N–H and O–H groups in total. The molecule has 2 heteroatoms. The van der Waals surface area contributed by atoms with Gasteiger partial charge in [-0.1, -0.05) is 43.3 Å². The zero-order valence-electron chi connectivity index (χ0n) is 12.3. The quantitative estimate of drug-likeness (QED) is 0.863. The Bertz CT molecular complexity index is 533. The fourth-order valence-electron chi connectivity index (χ4n) is 2.32. The Balaban J connectivity index is 1.95. The number of aryl methyl sites for hydroxylation is 2. The van der Waals surface area contributed by atoms with Gasteiger partial charge in [-0.2, -0.15) is 0 Å². The molecule has 0 spiro atoms. The van der Waals surface area contributed by atoms with Crippen molar-refractivity contribution < 1.29 is 4.74 Å². The number of rotatable bonds is 6. The molecule has 0 saturated heterocycles. The van der Waals surface area contributed by atoms with E-state index in [1.54, 1.807) is 7.11 Å². The Hall–Kier alpha value is -1.80. The largest absolute Gasteiger partial charge is 0.497 e. The van der Waals surface area contributed by atoms with Crippen LogP contribution >= 0.6 is 0 Å². The van der Waals surface area contributed by atoms with Crippen LogP contribution in [0.25, 0.3) is 0 Å². The lowest BCUT2D eigenvalue weighted by molar-refractivity contribution is 0.414. The molecule has 0 aliphatic carbocycles. The first-order chi connectivity index (χ1) is 9.72. The SMILES string of the molecule is CCc1cccc(C(N)CCc2ccc(OC)cc2)c1. The summed E-state index contributed by atoms with van der Waals surface area (Å²) in [6.45, 7) is 2.17. The van der Waals surface area contributed by atoms with E-state index in [2.05, 4.69) is 43.3 Å². The minimum Gasteiger partial charge on any atom is -0.497 e. The van der Waals surface area contributed by atoms with Gasteiger partial charge >= 0.3 is 0 Å². The highest BCUT2D eigenvalue weighted by Gasteiger charge is 2.07. The van der Waals surface area contributed by atoms with Crippen LogP contribution in [0.1, 0.15) is 36.1 Å². The molecule has 2 nitrogen and oxygen atoms in total. The van der Waals surface area contributed by atoms with Crippen molar-refractivity contribution in [2.75, 3.05) is 7.11 Å². The molecule has 0 heterocycles. The summed E-state index contributed by atoms with van der Waals surface area (Å²) in [6, 6.07) is 16.9. The summed E-state index contributed by atoms with van der Waals surface area (Å²) in [4.78, 5) is 0. The molecule has 20 heavy (non-hydrogen) atoms. The number of ether oxygens (including phenoxy) is 1. The maximum Gasteiger partial charge on any atom is 0.118 e. The summed E-state index contributed by atoms with van der Waals surface area (Å²) in [5, 5.41) is 0. The molecule has 2 aromatic carbocycles. The van der Waals surface area contributed by atoms with Gasteiger partial charge in [-0.15, -0.1) is 0 Å². The molecule has 0 fully saturated rings. The second kappa shape index (κ2) is 7.11. The molecule has 106 valence electrons. The normalized spacial score (nSPS) is 12.2. The number of benzene rings is 2. The smallest absolute Gasteiger partial charge is 0.118 e. The Labute approximate surface area is 121 Å². The van der Waals surface area contributed by atoms with Crippen LogP contribution in [0.3, 0.4) is 0 Å². The van der Waals surface area contributed by atoms with E-state index < -0.39 is 0 Å². The van der Waals surface area contributed by atoms with Crippen LogP contribution in [0.2, 0.25) is 0 Å². The van der Waals surface area contributed by atoms with E-state index in [9.17, 15) is 0 Å². The Morgan fingerprint density at radius 3 is 2.45 bits per heavy atom. The predicted molar refractivity (Wildman–Crippen MR) is 84.1 cm³/mol. The van der Waals surface area contributed by atoms with E-state index >= 15 is 0 Å².